The van der Waals surface area contributed by atoms with Crippen molar-refractivity contribution in [3.8, 4) is 0 Å². The zero-order valence-corrected chi connectivity index (χ0v) is 14.1. The molecule has 0 aliphatic carbocycles. The highest BCUT2D eigenvalue weighted by atomic mass is 32.2. The molecule has 0 saturated carbocycles. The van der Waals surface area contributed by atoms with Gasteiger partial charge < -0.3 is 0 Å². The topological polar surface area (TPSA) is 43.1 Å². The van der Waals surface area contributed by atoms with Crippen molar-refractivity contribution in [1.29, 1.82) is 0 Å². The van der Waals surface area contributed by atoms with Gasteiger partial charge >= 0.3 is 0 Å². The highest BCUT2D eigenvalue weighted by Gasteiger charge is 2.13. The van der Waals surface area contributed by atoms with Crippen LogP contribution in [0.5, 0.6) is 0 Å². The Hall–Kier alpha value is -1.62. The smallest absolute Gasteiger partial charge is 0.191 e. The lowest BCUT2D eigenvalue weighted by Crippen LogP contribution is -2.02. The standard InChI is InChI=1S/C16H22N4S/c1-11(2)14-8-6-13(7-9-14)10-17-20-15(12(3)4)18-19-16(20)21-5/h6-12H,1-5H3/b17-10-. The fourth-order valence-electron chi connectivity index (χ4n) is 1.96. The van der Waals surface area contributed by atoms with Crippen LogP contribution in [0.3, 0.4) is 0 Å². The van der Waals surface area contributed by atoms with Crippen LogP contribution < -0.4 is 0 Å². The molecular weight excluding hydrogens is 280 g/mol. The normalized spacial score (nSPS) is 12.0. The fraction of sp³-hybridized carbons (Fsp3) is 0.438. The Kier molecular flexibility index (Phi) is 5.17. The second-order valence-corrected chi connectivity index (χ2v) is 6.35. The molecule has 1 heterocycles. The van der Waals surface area contributed by atoms with E-state index in [0.717, 1.165) is 16.5 Å². The molecule has 5 heteroatoms. The molecule has 1 aromatic heterocycles. The second-order valence-electron chi connectivity index (χ2n) is 5.58. The predicted molar refractivity (Wildman–Crippen MR) is 89.4 cm³/mol. The van der Waals surface area contributed by atoms with Crippen molar-refractivity contribution in [2.24, 2.45) is 5.10 Å². The minimum atomic E-state index is 0.291. The maximum atomic E-state index is 4.55. The third kappa shape index (κ3) is 3.73. The Morgan fingerprint density at radius 2 is 1.71 bits per heavy atom. The number of hydrogen-bond acceptors (Lipinski definition) is 4. The van der Waals surface area contributed by atoms with Gasteiger partial charge in [0, 0.05) is 5.92 Å². The van der Waals surface area contributed by atoms with Gasteiger partial charge in [-0.1, -0.05) is 63.7 Å². The van der Waals surface area contributed by atoms with Crippen molar-refractivity contribution >= 4 is 18.0 Å². The van der Waals surface area contributed by atoms with E-state index in [0.29, 0.717) is 11.8 Å². The summed E-state index contributed by atoms with van der Waals surface area (Å²) in [5.74, 6) is 1.72. The maximum Gasteiger partial charge on any atom is 0.211 e. The lowest BCUT2D eigenvalue weighted by atomic mass is 10.0. The number of aromatic nitrogens is 3. The monoisotopic (exact) mass is 302 g/mol. The molecule has 0 atom stereocenters. The molecule has 0 amide bonds. The summed E-state index contributed by atoms with van der Waals surface area (Å²) < 4.78 is 1.83. The van der Waals surface area contributed by atoms with Gasteiger partial charge in [0.1, 0.15) is 0 Å². The average molecular weight is 302 g/mol. The van der Waals surface area contributed by atoms with Crippen LogP contribution in [0.1, 0.15) is 56.5 Å². The van der Waals surface area contributed by atoms with E-state index < -0.39 is 0 Å². The van der Waals surface area contributed by atoms with Crippen LogP contribution in [0.2, 0.25) is 0 Å². The van der Waals surface area contributed by atoms with Crippen LogP contribution in [0.25, 0.3) is 0 Å². The maximum absolute atomic E-state index is 4.55. The Balaban J connectivity index is 2.26. The highest BCUT2D eigenvalue weighted by molar-refractivity contribution is 7.98. The number of hydrogen-bond donors (Lipinski definition) is 0. The number of nitrogens with zero attached hydrogens (tertiary/aromatic N) is 4. The van der Waals surface area contributed by atoms with Gasteiger partial charge in [-0.05, 0) is 23.3 Å². The van der Waals surface area contributed by atoms with E-state index in [2.05, 4.69) is 67.3 Å². The number of thioether (sulfide) groups is 1. The molecular formula is C16H22N4S. The molecule has 0 radical (unpaired) electrons. The van der Waals surface area contributed by atoms with Gasteiger partial charge in [0.15, 0.2) is 5.82 Å². The number of rotatable bonds is 5. The average Bonchev–Trinajstić information content (AvgIpc) is 2.88. The van der Waals surface area contributed by atoms with Crippen LogP contribution in [0, 0.1) is 0 Å². The lowest BCUT2D eigenvalue weighted by Gasteiger charge is -2.06. The van der Waals surface area contributed by atoms with Crippen molar-refractivity contribution in [3.05, 3.63) is 41.2 Å². The Morgan fingerprint density at radius 3 is 2.24 bits per heavy atom. The van der Waals surface area contributed by atoms with E-state index in [1.807, 2.05) is 17.1 Å². The molecule has 0 aliphatic heterocycles. The minimum Gasteiger partial charge on any atom is -0.191 e. The highest BCUT2D eigenvalue weighted by Crippen LogP contribution is 2.19. The van der Waals surface area contributed by atoms with Gasteiger partial charge in [-0.25, -0.2) is 0 Å². The van der Waals surface area contributed by atoms with Gasteiger partial charge in [-0.15, -0.1) is 10.2 Å². The first kappa shape index (κ1) is 15.8. The molecule has 0 spiro atoms. The quantitative estimate of drug-likeness (QED) is 0.616. The van der Waals surface area contributed by atoms with Crippen LogP contribution in [-0.2, 0) is 0 Å². The zero-order valence-electron chi connectivity index (χ0n) is 13.2. The first-order chi connectivity index (χ1) is 10.0. The molecule has 2 aromatic rings. The molecule has 0 bridgehead atoms. The van der Waals surface area contributed by atoms with Crippen LogP contribution in [-0.4, -0.2) is 27.3 Å². The summed E-state index contributed by atoms with van der Waals surface area (Å²) in [6.45, 7) is 8.58. The molecule has 21 heavy (non-hydrogen) atoms. The molecule has 0 fully saturated rings. The van der Waals surface area contributed by atoms with Gasteiger partial charge in [-0.3, -0.25) is 0 Å². The van der Waals surface area contributed by atoms with E-state index in [1.165, 1.54) is 5.56 Å². The van der Waals surface area contributed by atoms with Crippen LogP contribution >= 0.6 is 11.8 Å². The summed E-state index contributed by atoms with van der Waals surface area (Å²) in [6.07, 6.45) is 3.84. The van der Waals surface area contributed by atoms with E-state index in [1.54, 1.807) is 11.8 Å². The van der Waals surface area contributed by atoms with Crippen LogP contribution in [0.15, 0.2) is 34.5 Å². The molecule has 4 nitrogen and oxygen atoms in total. The van der Waals surface area contributed by atoms with E-state index in [-0.39, 0.29) is 0 Å². The molecule has 0 aliphatic rings. The Bertz CT molecular complexity index is 612. The first-order valence-corrected chi connectivity index (χ1v) is 8.39. The second kappa shape index (κ2) is 6.89. The lowest BCUT2D eigenvalue weighted by molar-refractivity contribution is 0.668. The molecule has 0 saturated heterocycles. The predicted octanol–water partition coefficient (Wildman–Crippen LogP) is 4.13. The van der Waals surface area contributed by atoms with Gasteiger partial charge in [0.2, 0.25) is 5.16 Å². The van der Waals surface area contributed by atoms with Gasteiger partial charge in [0.05, 0.1) is 6.21 Å². The Labute approximate surface area is 130 Å². The van der Waals surface area contributed by atoms with Gasteiger partial charge in [0.25, 0.3) is 0 Å². The third-order valence-corrected chi connectivity index (χ3v) is 3.88. The fourth-order valence-corrected chi connectivity index (χ4v) is 2.40. The van der Waals surface area contributed by atoms with Crippen LogP contribution in [0.4, 0.5) is 0 Å². The van der Waals surface area contributed by atoms with E-state index in [4.69, 9.17) is 0 Å². The molecule has 1 aromatic carbocycles. The number of benzene rings is 1. The summed E-state index contributed by atoms with van der Waals surface area (Å²) in [7, 11) is 0. The zero-order chi connectivity index (χ0) is 15.4. The SMILES string of the molecule is CSc1nnc(C(C)C)n1/N=C\c1ccc(C(C)C)cc1. The molecule has 2 rings (SSSR count). The van der Waals surface area contributed by atoms with E-state index >= 15 is 0 Å². The third-order valence-electron chi connectivity index (χ3n) is 3.26. The summed E-state index contributed by atoms with van der Waals surface area (Å²) in [5, 5.41) is 13.7. The minimum absolute atomic E-state index is 0.291. The molecule has 0 N–H and O–H groups in total. The summed E-state index contributed by atoms with van der Waals surface area (Å²) in [5.41, 5.74) is 2.42. The largest absolute Gasteiger partial charge is 0.211 e. The summed E-state index contributed by atoms with van der Waals surface area (Å²) >= 11 is 1.55. The molecule has 0 unspecified atom stereocenters. The van der Waals surface area contributed by atoms with Crippen molar-refractivity contribution in [2.45, 2.75) is 44.7 Å². The van der Waals surface area contributed by atoms with Crippen molar-refractivity contribution in [1.82, 2.24) is 14.9 Å². The summed E-state index contributed by atoms with van der Waals surface area (Å²) in [6, 6.07) is 8.49. The Morgan fingerprint density at radius 1 is 1.05 bits per heavy atom. The first-order valence-electron chi connectivity index (χ1n) is 7.16. The van der Waals surface area contributed by atoms with Crippen molar-refractivity contribution < 1.29 is 0 Å². The van der Waals surface area contributed by atoms with Crippen molar-refractivity contribution in [3.63, 3.8) is 0 Å². The van der Waals surface area contributed by atoms with Crippen molar-refractivity contribution in [2.75, 3.05) is 6.26 Å². The molecule has 112 valence electrons. The summed E-state index contributed by atoms with van der Waals surface area (Å²) in [4.78, 5) is 0. The van der Waals surface area contributed by atoms with E-state index in [9.17, 15) is 0 Å². The van der Waals surface area contributed by atoms with Gasteiger partial charge in [-0.2, -0.15) is 9.78 Å².